The van der Waals surface area contributed by atoms with Crippen molar-refractivity contribution >= 4 is 34.2 Å². The number of ether oxygens (including phenoxy) is 2. The van der Waals surface area contributed by atoms with Crippen molar-refractivity contribution in [3.05, 3.63) is 118 Å². The van der Waals surface area contributed by atoms with Crippen molar-refractivity contribution in [2.45, 2.75) is 26.7 Å². The van der Waals surface area contributed by atoms with Crippen molar-refractivity contribution < 1.29 is 33.0 Å². The summed E-state index contributed by atoms with van der Waals surface area (Å²) < 4.78 is 36.7. The van der Waals surface area contributed by atoms with E-state index in [-0.39, 0.29) is 34.4 Å². The third-order valence-electron chi connectivity index (χ3n) is 6.47. The molecule has 0 aliphatic rings. The molecule has 4 aromatic carbocycles. The SMILES string of the molecule is CCC(=O)Nc1ccc(OC)cc1C(=O)O.CCc1nc2ccc(OC)cc2c(=O)n1-c1ccc(F)cc1.Nc1ccc(F)cc1. The minimum absolute atomic E-state index is 0.0150. The summed E-state index contributed by atoms with van der Waals surface area (Å²) in [5, 5.41) is 12.0. The quantitative estimate of drug-likeness (QED) is 0.179. The number of hydrogen-bond donors (Lipinski definition) is 3. The lowest BCUT2D eigenvalue weighted by Gasteiger charge is -2.13. The Hall–Kier alpha value is -5.78. The van der Waals surface area contributed by atoms with Crippen LogP contribution >= 0.6 is 0 Å². The highest BCUT2D eigenvalue weighted by Gasteiger charge is 2.14. The zero-order valence-corrected chi connectivity index (χ0v) is 25.7. The van der Waals surface area contributed by atoms with E-state index in [1.54, 1.807) is 50.4 Å². The Morgan fingerprint density at radius 1 is 0.870 bits per heavy atom. The van der Waals surface area contributed by atoms with Crippen molar-refractivity contribution in [2.24, 2.45) is 0 Å². The number of aromatic carboxylic acids is 1. The fraction of sp³-hybridized carbons (Fsp3) is 0.176. The average molecular weight is 633 g/mol. The highest BCUT2D eigenvalue weighted by atomic mass is 19.1. The maximum Gasteiger partial charge on any atom is 0.337 e. The number of carboxylic acid groups (broad SMARTS) is 1. The van der Waals surface area contributed by atoms with Crippen molar-refractivity contribution in [1.82, 2.24) is 9.55 Å². The number of carbonyl (C=O) groups is 2. The first-order valence-electron chi connectivity index (χ1n) is 14.1. The first-order chi connectivity index (χ1) is 22.0. The molecule has 0 saturated carbocycles. The maximum absolute atomic E-state index is 13.1. The lowest BCUT2D eigenvalue weighted by Crippen LogP contribution is -2.23. The molecule has 0 fully saturated rings. The fourth-order valence-corrected chi connectivity index (χ4v) is 4.07. The number of methoxy groups -OCH3 is 2. The molecule has 0 radical (unpaired) electrons. The molecule has 46 heavy (non-hydrogen) atoms. The normalized spacial score (nSPS) is 10.1. The van der Waals surface area contributed by atoms with Crippen molar-refractivity contribution in [2.75, 3.05) is 25.3 Å². The molecule has 0 aliphatic carbocycles. The number of rotatable bonds is 7. The van der Waals surface area contributed by atoms with E-state index >= 15 is 0 Å². The van der Waals surface area contributed by atoms with E-state index in [9.17, 15) is 23.2 Å². The summed E-state index contributed by atoms with van der Waals surface area (Å²) in [6.07, 6.45) is 0.889. The predicted molar refractivity (Wildman–Crippen MR) is 173 cm³/mol. The molecule has 5 aromatic rings. The summed E-state index contributed by atoms with van der Waals surface area (Å²) in [5.41, 5.74) is 7.18. The lowest BCUT2D eigenvalue weighted by atomic mass is 10.1. The van der Waals surface area contributed by atoms with Crippen LogP contribution in [0.1, 0.15) is 36.5 Å². The topological polar surface area (TPSA) is 146 Å². The lowest BCUT2D eigenvalue weighted by molar-refractivity contribution is -0.115. The van der Waals surface area contributed by atoms with Crippen LogP contribution in [0.4, 0.5) is 20.2 Å². The van der Waals surface area contributed by atoms with Crippen LogP contribution in [0.3, 0.4) is 0 Å². The zero-order valence-electron chi connectivity index (χ0n) is 25.7. The van der Waals surface area contributed by atoms with Crippen LogP contribution in [0.5, 0.6) is 11.5 Å². The summed E-state index contributed by atoms with van der Waals surface area (Å²) in [6.45, 7) is 3.62. The van der Waals surface area contributed by atoms with Gasteiger partial charge in [-0.25, -0.2) is 18.6 Å². The largest absolute Gasteiger partial charge is 0.497 e. The smallest absolute Gasteiger partial charge is 0.337 e. The Morgan fingerprint density at radius 2 is 1.43 bits per heavy atom. The van der Waals surface area contributed by atoms with Gasteiger partial charge in [0.05, 0.1) is 42.1 Å². The van der Waals surface area contributed by atoms with Crippen LogP contribution < -0.4 is 26.1 Å². The molecular formula is C34H34F2N4O6. The number of hydrogen-bond acceptors (Lipinski definition) is 7. The number of nitrogens with one attached hydrogen (secondary N) is 1. The van der Waals surface area contributed by atoms with Crippen LogP contribution in [0.2, 0.25) is 0 Å². The van der Waals surface area contributed by atoms with Crippen LogP contribution in [-0.4, -0.2) is 40.8 Å². The van der Waals surface area contributed by atoms with Crippen LogP contribution in [-0.2, 0) is 11.2 Å². The summed E-state index contributed by atoms with van der Waals surface area (Å²) >= 11 is 0. The second-order valence-corrected chi connectivity index (χ2v) is 9.55. The fourth-order valence-electron chi connectivity index (χ4n) is 4.07. The molecule has 10 nitrogen and oxygen atoms in total. The van der Waals surface area contributed by atoms with Gasteiger partial charge in [0.15, 0.2) is 0 Å². The molecule has 0 unspecified atom stereocenters. The first kappa shape index (κ1) is 34.7. The molecular weight excluding hydrogens is 598 g/mol. The van der Waals surface area contributed by atoms with E-state index in [0.717, 1.165) is 0 Å². The van der Waals surface area contributed by atoms with E-state index in [2.05, 4.69) is 10.3 Å². The molecule has 12 heteroatoms. The first-order valence-corrected chi connectivity index (χ1v) is 14.1. The molecule has 0 bridgehead atoms. The number of carbonyl (C=O) groups excluding carboxylic acids is 1. The Balaban J connectivity index is 0.000000209. The molecule has 0 saturated heterocycles. The Labute approximate surface area is 264 Å². The number of fused-ring (bicyclic) bond motifs is 1. The molecule has 0 spiro atoms. The van der Waals surface area contributed by atoms with Crippen LogP contribution in [0.25, 0.3) is 16.6 Å². The second-order valence-electron chi connectivity index (χ2n) is 9.55. The number of amides is 1. The third-order valence-corrected chi connectivity index (χ3v) is 6.47. The molecule has 0 aliphatic heterocycles. The van der Waals surface area contributed by atoms with Gasteiger partial charge in [-0.2, -0.15) is 0 Å². The van der Waals surface area contributed by atoms with Gasteiger partial charge in [0, 0.05) is 18.5 Å². The number of aryl methyl sites for hydroxylation is 1. The van der Waals surface area contributed by atoms with Gasteiger partial charge in [0.25, 0.3) is 5.56 Å². The average Bonchev–Trinajstić information content (AvgIpc) is 3.07. The Morgan fingerprint density at radius 3 is 1.96 bits per heavy atom. The number of carboxylic acids is 1. The molecule has 1 aromatic heterocycles. The van der Waals surface area contributed by atoms with E-state index in [1.165, 1.54) is 60.2 Å². The van der Waals surface area contributed by atoms with Gasteiger partial charge in [-0.15, -0.1) is 0 Å². The van der Waals surface area contributed by atoms with Gasteiger partial charge in [0.1, 0.15) is 29.0 Å². The maximum atomic E-state index is 13.1. The van der Waals surface area contributed by atoms with E-state index < -0.39 is 5.97 Å². The Bertz CT molecular complexity index is 1840. The number of anilines is 2. The molecule has 1 amide bonds. The molecule has 240 valence electrons. The Kier molecular flexibility index (Phi) is 12.3. The van der Waals surface area contributed by atoms with E-state index in [0.29, 0.717) is 52.4 Å². The van der Waals surface area contributed by atoms with Crippen molar-refractivity contribution in [1.29, 1.82) is 0 Å². The summed E-state index contributed by atoms with van der Waals surface area (Å²) in [5.74, 6) is -0.259. The summed E-state index contributed by atoms with van der Waals surface area (Å²) in [4.78, 5) is 39.5. The van der Waals surface area contributed by atoms with Gasteiger partial charge in [-0.05, 0) is 84.9 Å². The predicted octanol–water partition coefficient (Wildman–Crippen LogP) is 6.25. The molecule has 4 N–H and O–H groups in total. The van der Waals surface area contributed by atoms with E-state index in [1.807, 2.05) is 6.92 Å². The third kappa shape index (κ3) is 9.11. The summed E-state index contributed by atoms with van der Waals surface area (Å²) in [7, 11) is 3.00. The molecule has 1 heterocycles. The number of nitrogens with zero attached hydrogens (tertiary/aromatic N) is 2. The van der Waals surface area contributed by atoms with E-state index in [4.69, 9.17) is 20.3 Å². The zero-order chi connectivity index (χ0) is 33.8. The van der Waals surface area contributed by atoms with Crippen molar-refractivity contribution in [3.63, 3.8) is 0 Å². The highest BCUT2D eigenvalue weighted by molar-refractivity contribution is 6.00. The van der Waals surface area contributed by atoms with Gasteiger partial charge in [0.2, 0.25) is 5.91 Å². The summed E-state index contributed by atoms with van der Waals surface area (Å²) in [6, 6.07) is 21.2. The van der Waals surface area contributed by atoms with Crippen molar-refractivity contribution in [3.8, 4) is 17.2 Å². The van der Waals surface area contributed by atoms with Crippen LogP contribution in [0.15, 0.2) is 89.7 Å². The van der Waals surface area contributed by atoms with Gasteiger partial charge >= 0.3 is 5.97 Å². The standard InChI is InChI=1S/C17H15FN2O2.C11H13NO4.C6H6FN/c1-3-16-19-15-9-8-13(22-2)10-14(15)17(21)20(16)12-6-4-11(18)5-7-12;1-3-10(13)12-9-5-4-7(16-2)6-8(9)11(14)15;7-5-1-3-6(8)4-2-5/h4-10H,3H2,1-2H3;4-6H,3H2,1-2H3,(H,12,13)(H,14,15);1-4H,8H2. The highest BCUT2D eigenvalue weighted by Crippen LogP contribution is 2.22. The molecule has 5 rings (SSSR count). The minimum Gasteiger partial charge on any atom is -0.497 e. The second kappa shape index (κ2) is 16.3. The van der Waals surface area contributed by atoms with Gasteiger partial charge < -0.3 is 25.6 Å². The van der Waals surface area contributed by atoms with Gasteiger partial charge in [-0.3, -0.25) is 14.2 Å². The number of aromatic nitrogens is 2. The number of benzene rings is 4. The number of nitrogens with two attached hydrogens (primary N) is 1. The molecule has 0 atom stereocenters. The number of halogens is 2. The monoisotopic (exact) mass is 632 g/mol. The number of nitrogen functional groups attached to an aromatic ring is 1. The van der Waals surface area contributed by atoms with Crippen LogP contribution in [0, 0.1) is 11.6 Å². The van der Waals surface area contributed by atoms with Gasteiger partial charge in [-0.1, -0.05) is 13.8 Å². The minimum atomic E-state index is -1.11.